The summed E-state index contributed by atoms with van der Waals surface area (Å²) in [5.74, 6) is 0. The smallest absolute Gasteiger partial charge is 0.218 e. The Morgan fingerprint density at radius 2 is 1.50 bits per heavy atom. The first-order valence-corrected chi connectivity index (χ1v) is 7.18. The van der Waals surface area contributed by atoms with Crippen molar-refractivity contribution in [3.8, 4) is 11.1 Å². The Balaban J connectivity index is 0.000000704. The van der Waals surface area contributed by atoms with E-state index < -0.39 is 0 Å². The summed E-state index contributed by atoms with van der Waals surface area (Å²) < 4.78 is 0. The molecule has 4 heteroatoms. The van der Waals surface area contributed by atoms with Crippen LogP contribution in [0.5, 0.6) is 0 Å². The molecule has 0 aliphatic heterocycles. The number of benzene rings is 2. The lowest BCUT2D eigenvalue weighted by molar-refractivity contribution is 1.22. The van der Waals surface area contributed by atoms with E-state index in [1.807, 2.05) is 62.4 Å². The summed E-state index contributed by atoms with van der Waals surface area (Å²) >= 11 is 12.0. The fraction of sp³-hybridized carbons (Fsp3) is 0.125. The van der Waals surface area contributed by atoms with E-state index in [0.717, 1.165) is 22.0 Å². The SMILES string of the molecule is CC.Clc1nc(Cl)c2c(-c3ccccc3)cccc2n1. The lowest BCUT2D eigenvalue weighted by Crippen LogP contribution is -1.89. The zero-order valence-corrected chi connectivity index (χ0v) is 12.8. The molecule has 0 saturated heterocycles. The fourth-order valence-electron chi connectivity index (χ4n) is 1.97. The van der Waals surface area contributed by atoms with E-state index in [-0.39, 0.29) is 5.28 Å². The van der Waals surface area contributed by atoms with Crippen molar-refractivity contribution in [1.29, 1.82) is 0 Å². The molecule has 0 aliphatic carbocycles. The summed E-state index contributed by atoms with van der Waals surface area (Å²) in [6, 6.07) is 15.8. The third kappa shape index (κ3) is 2.92. The number of nitrogens with zero attached hydrogens (tertiary/aromatic N) is 2. The largest absolute Gasteiger partial charge is 0.224 e. The van der Waals surface area contributed by atoms with Gasteiger partial charge in [0.2, 0.25) is 5.28 Å². The maximum Gasteiger partial charge on any atom is 0.224 e. The first-order chi connectivity index (χ1) is 9.75. The minimum atomic E-state index is 0.165. The van der Waals surface area contributed by atoms with Gasteiger partial charge in [-0.15, -0.1) is 0 Å². The molecule has 0 saturated carbocycles. The lowest BCUT2D eigenvalue weighted by Gasteiger charge is -2.07. The van der Waals surface area contributed by atoms with Crippen LogP contribution in [0, 0.1) is 0 Å². The van der Waals surface area contributed by atoms with Gasteiger partial charge in [0.1, 0.15) is 5.15 Å². The molecule has 0 fully saturated rings. The lowest BCUT2D eigenvalue weighted by atomic mass is 10.0. The summed E-state index contributed by atoms with van der Waals surface area (Å²) in [5.41, 5.74) is 2.84. The predicted molar refractivity (Wildman–Crippen MR) is 86.3 cm³/mol. The molecule has 0 bridgehead atoms. The zero-order chi connectivity index (χ0) is 14.5. The Labute approximate surface area is 128 Å². The first kappa shape index (κ1) is 14.8. The summed E-state index contributed by atoms with van der Waals surface area (Å²) in [7, 11) is 0. The normalized spacial score (nSPS) is 10.0. The highest BCUT2D eigenvalue weighted by Gasteiger charge is 2.10. The van der Waals surface area contributed by atoms with Crippen LogP contribution in [-0.2, 0) is 0 Å². The van der Waals surface area contributed by atoms with Gasteiger partial charge in [-0.1, -0.05) is 67.9 Å². The van der Waals surface area contributed by atoms with Crippen molar-refractivity contribution in [2.75, 3.05) is 0 Å². The van der Waals surface area contributed by atoms with Gasteiger partial charge < -0.3 is 0 Å². The second kappa shape index (κ2) is 6.69. The van der Waals surface area contributed by atoms with Gasteiger partial charge in [0.25, 0.3) is 0 Å². The molecule has 1 aromatic heterocycles. The molecule has 1 heterocycles. The molecule has 0 N–H and O–H groups in total. The van der Waals surface area contributed by atoms with Crippen LogP contribution >= 0.6 is 23.2 Å². The third-order valence-corrected chi connectivity index (χ3v) is 3.18. The highest BCUT2D eigenvalue weighted by Crippen LogP contribution is 2.32. The van der Waals surface area contributed by atoms with Crippen LogP contribution in [0.15, 0.2) is 48.5 Å². The average Bonchev–Trinajstić information content (AvgIpc) is 2.49. The molecule has 0 radical (unpaired) electrons. The van der Waals surface area contributed by atoms with E-state index >= 15 is 0 Å². The van der Waals surface area contributed by atoms with E-state index in [1.165, 1.54) is 0 Å². The van der Waals surface area contributed by atoms with Crippen LogP contribution in [0.4, 0.5) is 0 Å². The van der Waals surface area contributed by atoms with Gasteiger partial charge in [0.05, 0.1) is 5.52 Å². The Hall–Kier alpha value is -1.64. The van der Waals surface area contributed by atoms with E-state index in [1.54, 1.807) is 0 Å². The maximum atomic E-state index is 6.18. The quantitative estimate of drug-likeness (QED) is 0.430. The van der Waals surface area contributed by atoms with Crippen molar-refractivity contribution >= 4 is 34.1 Å². The maximum absolute atomic E-state index is 6.18. The van der Waals surface area contributed by atoms with E-state index in [4.69, 9.17) is 23.2 Å². The number of aromatic nitrogens is 2. The summed E-state index contributed by atoms with van der Waals surface area (Å²) in [4.78, 5) is 8.20. The molecule has 0 aliphatic rings. The van der Waals surface area contributed by atoms with Gasteiger partial charge in [-0.25, -0.2) is 9.97 Å². The summed E-state index contributed by atoms with van der Waals surface area (Å²) in [6.45, 7) is 4.00. The molecule has 2 aromatic carbocycles. The van der Waals surface area contributed by atoms with Crippen LogP contribution in [0.2, 0.25) is 10.4 Å². The number of rotatable bonds is 1. The Kier molecular flexibility index (Phi) is 4.94. The molecule has 2 nitrogen and oxygen atoms in total. The molecule has 0 unspecified atom stereocenters. The number of halogens is 2. The summed E-state index contributed by atoms with van der Waals surface area (Å²) in [6.07, 6.45) is 0. The van der Waals surface area contributed by atoms with Crippen molar-refractivity contribution in [1.82, 2.24) is 9.97 Å². The molecular formula is C16H14Cl2N2. The van der Waals surface area contributed by atoms with Gasteiger partial charge in [-0.2, -0.15) is 0 Å². The first-order valence-electron chi connectivity index (χ1n) is 6.43. The van der Waals surface area contributed by atoms with Crippen molar-refractivity contribution in [3.63, 3.8) is 0 Å². The van der Waals surface area contributed by atoms with Crippen LogP contribution < -0.4 is 0 Å². The minimum Gasteiger partial charge on any atom is -0.218 e. The van der Waals surface area contributed by atoms with Crippen molar-refractivity contribution in [2.24, 2.45) is 0 Å². The van der Waals surface area contributed by atoms with Crippen LogP contribution in [0.1, 0.15) is 13.8 Å². The van der Waals surface area contributed by atoms with E-state index in [9.17, 15) is 0 Å². The van der Waals surface area contributed by atoms with Crippen molar-refractivity contribution < 1.29 is 0 Å². The van der Waals surface area contributed by atoms with Gasteiger partial charge in [0.15, 0.2) is 0 Å². The molecule has 3 rings (SSSR count). The van der Waals surface area contributed by atoms with Crippen LogP contribution in [0.25, 0.3) is 22.0 Å². The highest BCUT2D eigenvalue weighted by atomic mass is 35.5. The van der Waals surface area contributed by atoms with Gasteiger partial charge in [0, 0.05) is 5.39 Å². The van der Waals surface area contributed by atoms with Crippen LogP contribution in [-0.4, -0.2) is 9.97 Å². The number of hydrogen-bond donors (Lipinski definition) is 0. The number of fused-ring (bicyclic) bond motifs is 1. The third-order valence-electron chi connectivity index (χ3n) is 2.74. The van der Waals surface area contributed by atoms with E-state index in [0.29, 0.717) is 5.15 Å². The second-order valence-corrected chi connectivity index (χ2v) is 4.55. The topological polar surface area (TPSA) is 25.8 Å². The Morgan fingerprint density at radius 3 is 2.20 bits per heavy atom. The zero-order valence-electron chi connectivity index (χ0n) is 11.3. The van der Waals surface area contributed by atoms with Gasteiger partial charge >= 0.3 is 0 Å². The number of hydrogen-bond acceptors (Lipinski definition) is 2. The standard InChI is InChI=1S/C14H8Cl2N2.C2H6/c15-13-12-10(9-5-2-1-3-6-9)7-4-8-11(12)17-14(16)18-13;1-2/h1-8H;1-2H3. The Morgan fingerprint density at radius 1 is 0.800 bits per heavy atom. The van der Waals surface area contributed by atoms with Crippen molar-refractivity contribution in [3.05, 3.63) is 59.0 Å². The molecule has 3 aromatic rings. The predicted octanol–water partition coefficient (Wildman–Crippen LogP) is 5.63. The molecule has 0 atom stereocenters. The van der Waals surface area contributed by atoms with E-state index in [2.05, 4.69) is 9.97 Å². The van der Waals surface area contributed by atoms with Gasteiger partial charge in [-0.05, 0) is 28.8 Å². The molecule has 0 amide bonds. The Bertz CT molecular complexity index is 712. The molecular weight excluding hydrogens is 291 g/mol. The summed E-state index contributed by atoms with van der Waals surface area (Å²) in [5, 5.41) is 1.37. The minimum absolute atomic E-state index is 0.165. The van der Waals surface area contributed by atoms with Gasteiger partial charge in [-0.3, -0.25) is 0 Å². The monoisotopic (exact) mass is 304 g/mol. The molecule has 102 valence electrons. The highest BCUT2D eigenvalue weighted by molar-refractivity contribution is 6.36. The van der Waals surface area contributed by atoms with Crippen molar-refractivity contribution in [2.45, 2.75) is 13.8 Å². The average molecular weight is 305 g/mol. The molecule has 20 heavy (non-hydrogen) atoms. The second-order valence-electron chi connectivity index (χ2n) is 3.85. The fourth-order valence-corrected chi connectivity index (χ4v) is 2.47. The van der Waals surface area contributed by atoms with Crippen LogP contribution in [0.3, 0.4) is 0 Å². The molecule has 0 spiro atoms.